The van der Waals surface area contributed by atoms with Gasteiger partial charge in [0, 0.05) is 20.6 Å². The third-order valence-electron chi connectivity index (χ3n) is 3.21. The highest BCUT2D eigenvalue weighted by Crippen LogP contribution is 2.06. The first kappa shape index (κ1) is 20.4. The molecule has 0 atom stereocenters. The summed E-state index contributed by atoms with van der Waals surface area (Å²) in [5.41, 5.74) is 2.33. The number of likely N-dealkylation sites (N-methyl/N-ethyl adjacent to an activating group) is 1. The number of thiophene rings is 1. The van der Waals surface area contributed by atoms with Gasteiger partial charge in [0.15, 0.2) is 5.96 Å². The molecular weight excluding hydrogens is 435 g/mol. The zero-order chi connectivity index (χ0) is 16.5. The van der Waals surface area contributed by atoms with Crippen molar-refractivity contribution in [1.29, 1.82) is 0 Å². The number of aliphatic imine (C=N–C) groups is 1. The number of rotatable bonds is 6. The van der Waals surface area contributed by atoms with Crippen LogP contribution in [0.15, 0.2) is 52.2 Å². The van der Waals surface area contributed by atoms with Gasteiger partial charge in [-0.1, -0.05) is 30.3 Å². The van der Waals surface area contributed by atoms with E-state index in [2.05, 4.69) is 33.1 Å². The summed E-state index contributed by atoms with van der Waals surface area (Å²) >= 11 is 1.65. The minimum absolute atomic E-state index is 0. The van der Waals surface area contributed by atoms with E-state index in [-0.39, 0.29) is 36.4 Å². The standard InChI is InChI=1S/C17H22N4OS.HI/c1-21(2)16(22)12-20-17(19-11-15-8-9-23-13-15)18-10-14-6-4-3-5-7-14;/h3-9,13H,10-12H2,1-2H3,(H2,18,19,20);1H. The number of hydrogen-bond acceptors (Lipinski definition) is 3. The minimum atomic E-state index is 0. The molecule has 1 aromatic carbocycles. The SMILES string of the molecule is CN(C)C(=O)CNC(=NCc1ccsc1)NCc1ccccc1.I. The highest BCUT2D eigenvalue weighted by molar-refractivity contribution is 14.0. The Hall–Kier alpha value is -1.61. The van der Waals surface area contributed by atoms with Gasteiger partial charge >= 0.3 is 0 Å². The van der Waals surface area contributed by atoms with Gasteiger partial charge in [-0.25, -0.2) is 4.99 Å². The molecule has 2 N–H and O–H groups in total. The van der Waals surface area contributed by atoms with Gasteiger partial charge in [-0.15, -0.1) is 24.0 Å². The first-order valence-corrected chi connectivity index (χ1v) is 8.37. The molecule has 0 unspecified atom stereocenters. The first-order chi connectivity index (χ1) is 11.1. The van der Waals surface area contributed by atoms with Gasteiger partial charge in [0.25, 0.3) is 0 Å². The molecule has 7 heteroatoms. The van der Waals surface area contributed by atoms with Crippen LogP contribution >= 0.6 is 35.3 Å². The largest absolute Gasteiger partial charge is 0.352 e. The lowest BCUT2D eigenvalue weighted by atomic mass is 10.2. The molecule has 0 saturated carbocycles. The van der Waals surface area contributed by atoms with Gasteiger partial charge in [0.2, 0.25) is 5.91 Å². The number of hydrogen-bond donors (Lipinski definition) is 2. The van der Waals surface area contributed by atoms with E-state index in [1.165, 1.54) is 0 Å². The fraction of sp³-hybridized carbons (Fsp3) is 0.294. The smallest absolute Gasteiger partial charge is 0.241 e. The van der Waals surface area contributed by atoms with Crippen molar-refractivity contribution in [2.24, 2.45) is 4.99 Å². The molecule has 0 saturated heterocycles. The van der Waals surface area contributed by atoms with Crippen LogP contribution in [-0.4, -0.2) is 37.4 Å². The molecule has 1 heterocycles. The Kier molecular flexibility index (Phi) is 9.39. The molecule has 130 valence electrons. The van der Waals surface area contributed by atoms with Crippen molar-refractivity contribution in [3.8, 4) is 0 Å². The van der Waals surface area contributed by atoms with Crippen molar-refractivity contribution >= 4 is 47.2 Å². The van der Waals surface area contributed by atoms with Crippen molar-refractivity contribution < 1.29 is 4.79 Å². The Morgan fingerprint density at radius 1 is 1.12 bits per heavy atom. The Balaban J connectivity index is 0.00000288. The van der Waals surface area contributed by atoms with E-state index in [0.717, 1.165) is 11.1 Å². The lowest BCUT2D eigenvalue weighted by Crippen LogP contribution is -2.42. The second kappa shape index (κ2) is 11.0. The molecule has 0 radical (unpaired) electrons. The number of amides is 1. The zero-order valence-corrected chi connectivity index (χ0v) is 17.0. The van der Waals surface area contributed by atoms with E-state index < -0.39 is 0 Å². The molecule has 5 nitrogen and oxygen atoms in total. The second-order valence-corrected chi connectivity index (χ2v) is 6.06. The molecule has 2 aromatic rings. The predicted octanol–water partition coefficient (Wildman–Crippen LogP) is 2.69. The molecule has 24 heavy (non-hydrogen) atoms. The second-order valence-electron chi connectivity index (χ2n) is 5.28. The van der Waals surface area contributed by atoms with Crippen LogP contribution < -0.4 is 10.6 Å². The van der Waals surface area contributed by atoms with E-state index in [1.54, 1.807) is 30.3 Å². The Morgan fingerprint density at radius 3 is 2.50 bits per heavy atom. The van der Waals surface area contributed by atoms with E-state index in [4.69, 9.17) is 0 Å². The molecular formula is C17H23IN4OS. The monoisotopic (exact) mass is 458 g/mol. The van der Waals surface area contributed by atoms with Crippen molar-refractivity contribution in [3.63, 3.8) is 0 Å². The summed E-state index contributed by atoms with van der Waals surface area (Å²) in [6.07, 6.45) is 0. The summed E-state index contributed by atoms with van der Waals surface area (Å²) in [6, 6.07) is 12.1. The van der Waals surface area contributed by atoms with Gasteiger partial charge in [-0.3, -0.25) is 4.79 Å². The van der Waals surface area contributed by atoms with Gasteiger partial charge < -0.3 is 15.5 Å². The maximum Gasteiger partial charge on any atom is 0.241 e. The minimum Gasteiger partial charge on any atom is -0.352 e. The van der Waals surface area contributed by atoms with Crippen molar-refractivity contribution in [2.45, 2.75) is 13.1 Å². The molecule has 1 amide bonds. The van der Waals surface area contributed by atoms with Gasteiger partial charge in [-0.2, -0.15) is 11.3 Å². The summed E-state index contributed by atoms with van der Waals surface area (Å²) in [4.78, 5) is 17.8. The summed E-state index contributed by atoms with van der Waals surface area (Å²) in [6.45, 7) is 1.47. The normalized spacial score (nSPS) is 10.7. The maximum absolute atomic E-state index is 11.7. The fourth-order valence-corrected chi connectivity index (χ4v) is 2.49. The van der Waals surface area contributed by atoms with Crippen LogP contribution in [-0.2, 0) is 17.9 Å². The van der Waals surface area contributed by atoms with E-state index >= 15 is 0 Å². The molecule has 0 bridgehead atoms. The topological polar surface area (TPSA) is 56.7 Å². The lowest BCUT2D eigenvalue weighted by Gasteiger charge is -2.15. The van der Waals surface area contributed by atoms with Gasteiger partial charge in [-0.05, 0) is 28.0 Å². The quantitative estimate of drug-likeness (QED) is 0.398. The van der Waals surface area contributed by atoms with Crippen molar-refractivity contribution in [1.82, 2.24) is 15.5 Å². The van der Waals surface area contributed by atoms with Crippen molar-refractivity contribution in [3.05, 3.63) is 58.3 Å². The van der Waals surface area contributed by atoms with Gasteiger partial charge in [0.05, 0.1) is 13.1 Å². The van der Waals surface area contributed by atoms with Crippen LogP contribution in [0.5, 0.6) is 0 Å². The van der Waals surface area contributed by atoms with Crippen molar-refractivity contribution in [2.75, 3.05) is 20.6 Å². The van der Waals surface area contributed by atoms with E-state index in [9.17, 15) is 4.79 Å². The fourth-order valence-electron chi connectivity index (χ4n) is 1.83. The van der Waals surface area contributed by atoms with Crippen LogP contribution in [0.1, 0.15) is 11.1 Å². The maximum atomic E-state index is 11.7. The summed E-state index contributed by atoms with van der Waals surface area (Å²) < 4.78 is 0. The average Bonchev–Trinajstić information content (AvgIpc) is 3.08. The number of nitrogens with zero attached hydrogens (tertiary/aromatic N) is 2. The number of nitrogens with one attached hydrogen (secondary N) is 2. The highest BCUT2D eigenvalue weighted by Gasteiger charge is 2.06. The number of guanidine groups is 1. The summed E-state index contributed by atoms with van der Waals surface area (Å²) in [7, 11) is 3.48. The highest BCUT2D eigenvalue weighted by atomic mass is 127. The molecule has 0 aliphatic heterocycles. The molecule has 1 aromatic heterocycles. The zero-order valence-electron chi connectivity index (χ0n) is 13.9. The molecule has 0 aliphatic rings. The number of carbonyl (C=O) groups excluding carboxylic acids is 1. The third-order valence-corrected chi connectivity index (χ3v) is 3.94. The van der Waals surface area contributed by atoms with Gasteiger partial charge in [0.1, 0.15) is 0 Å². The molecule has 0 aliphatic carbocycles. The average molecular weight is 458 g/mol. The summed E-state index contributed by atoms with van der Waals surface area (Å²) in [5.74, 6) is 0.644. The third kappa shape index (κ3) is 7.31. The molecule has 0 spiro atoms. The Labute approximate surface area is 164 Å². The van der Waals surface area contributed by atoms with E-state index in [0.29, 0.717) is 19.0 Å². The molecule has 0 fully saturated rings. The van der Waals surface area contributed by atoms with Crippen LogP contribution in [0.25, 0.3) is 0 Å². The number of halogens is 1. The number of carbonyl (C=O) groups is 1. The van der Waals surface area contributed by atoms with E-state index in [1.807, 2.05) is 29.6 Å². The predicted molar refractivity (Wildman–Crippen MR) is 111 cm³/mol. The van der Waals surface area contributed by atoms with Crippen LogP contribution in [0.4, 0.5) is 0 Å². The lowest BCUT2D eigenvalue weighted by molar-refractivity contribution is -0.127. The van der Waals surface area contributed by atoms with Crippen LogP contribution in [0.2, 0.25) is 0 Å². The Bertz CT molecular complexity index is 629. The summed E-state index contributed by atoms with van der Waals surface area (Å²) in [5, 5.41) is 10.5. The first-order valence-electron chi connectivity index (χ1n) is 7.42. The van der Waals surface area contributed by atoms with Crippen LogP contribution in [0.3, 0.4) is 0 Å². The molecule has 2 rings (SSSR count). The number of benzene rings is 1. The van der Waals surface area contributed by atoms with Crippen LogP contribution in [0, 0.1) is 0 Å². The Morgan fingerprint density at radius 2 is 1.88 bits per heavy atom.